The average molecular weight is 575 g/mol. The first kappa shape index (κ1) is 24.3. The zero-order valence-electron chi connectivity index (χ0n) is 24.3. The van der Waals surface area contributed by atoms with Gasteiger partial charge in [-0.2, -0.15) is 5.10 Å². The Labute approximate surface area is 258 Å². The molecule has 0 aliphatic rings. The fraction of sp³-hybridized carbons (Fsp3) is 0. The number of para-hydroxylation sites is 4. The number of benzene rings is 6. The van der Waals surface area contributed by atoms with Crippen molar-refractivity contribution < 1.29 is 0 Å². The lowest BCUT2D eigenvalue weighted by molar-refractivity contribution is 1.01. The van der Waals surface area contributed by atoms with Crippen molar-refractivity contribution in [3.05, 3.63) is 158 Å². The molecule has 0 saturated carbocycles. The molecule has 0 spiro atoms. The molecule has 10 rings (SSSR count). The fourth-order valence-corrected chi connectivity index (χ4v) is 7.26. The van der Waals surface area contributed by atoms with Crippen molar-refractivity contribution in [3.63, 3.8) is 0 Å². The number of aromatic nitrogens is 4. The van der Waals surface area contributed by atoms with Crippen molar-refractivity contribution in [1.82, 2.24) is 18.7 Å². The minimum Gasteiger partial charge on any atom is -0.307 e. The van der Waals surface area contributed by atoms with Gasteiger partial charge in [-0.1, -0.05) is 103 Å². The van der Waals surface area contributed by atoms with Gasteiger partial charge in [-0.15, -0.1) is 0 Å². The van der Waals surface area contributed by atoms with Crippen LogP contribution in [0, 0.1) is 0 Å². The molecule has 4 heterocycles. The first-order chi connectivity index (χ1) is 22.3. The number of rotatable bonds is 3. The highest BCUT2D eigenvalue weighted by Gasteiger charge is 2.21. The maximum absolute atomic E-state index is 5.09. The zero-order chi connectivity index (χ0) is 29.5. The van der Waals surface area contributed by atoms with Crippen LogP contribution in [0.4, 0.5) is 0 Å². The molecule has 210 valence electrons. The number of fused-ring (bicyclic) bond motifs is 10. The van der Waals surface area contributed by atoms with Crippen molar-refractivity contribution in [2.75, 3.05) is 0 Å². The number of nitrogens with zero attached hydrogens (tertiary/aromatic N) is 4. The SMILES string of the molecule is c1ccc(-n2c3ccccc3c3ccc4c5ccccc5n(-c5cccc(-c6cc7ccc8ccccc8n7n6)c5)c4c32)cc1. The molecule has 0 bridgehead atoms. The van der Waals surface area contributed by atoms with Crippen LogP contribution in [0.5, 0.6) is 0 Å². The predicted molar refractivity (Wildman–Crippen MR) is 187 cm³/mol. The summed E-state index contributed by atoms with van der Waals surface area (Å²) < 4.78 is 6.93. The minimum absolute atomic E-state index is 0.956. The summed E-state index contributed by atoms with van der Waals surface area (Å²) in [5.41, 5.74) is 11.3. The van der Waals surface area contributed by atoms with Gasteiger partial charge in [0, 0.05) is 43.9 Å². The van der Waals surface area contributed by atoms with Gasteiger partial charge in [0.15, 0.2) is 0 Å². The van der Waals surface area contributed by atoms with E-state index in [1.54, 1.807) is 0 Å². The summed E-state index contributed by atoms with van der Waals surface area (Å²) in [6.07, 6.45) is 0. The molecular weight excluding hydrogens is 548 g/mol. The third-order valence-electron chi connectivity index (χ3n) is 9.22. The van der Waals surface area contributed by atoms with Crippen LogP contribution in [0.25, 0.3) is 82.7 Å². The van der Waals surface area contributed by atoms with Gasteiger partial charge in [-0.25, -0.2) is 4.52 Å². The standard InChI is InChI=1S/C41H26N4/c1-2-13-29(14-3-1)43-38-19-8-5-16-32(38)34-23-24-35-33-17-6-9-20-39(33)44(41(35)40(34)43)30-15-10-12-28(25-30)36-26-31-22-21-27-11-4-7-18-37(27)45(31)42-36/h1-26H. The van der Waals surface area contributed by atoms with Crippen LogP contribution in [-0.2, 0) is 0 Å². The molecule has 0 fully saturated rings. The van der Waals surface area contributed by atoms with Crippen LogP contribution in [0.15, 0.2) is 158 Å². The van der Waals surface area contributed by atoms with E-state index in [1.165, 1.54) is 49.0 Å². The Bertz CT molecular complexity index is 2760. The Hall–Kier alpha value is -6.13. The monoisotopic (exact) mass is 574 g/mol. The van der Waals surface area contributed by atoms with Crippen molar-refractivity contribution >= 4 is 60.0 Å². The van der Waals surface area contributed by atoms with Crippen molar-refractivity contribution in [2.45, 2.75) is 0 Å². The molecule has 0 amide bonds. The maximum Gasteiger partial charge on any atom is 0.0934 e. The molecule has 45 heavy (non-hydrogen) atoms. The first-order valence-corrected chi connectivity index (χ1v) is 15.3. The van der Waals surface area contributed by atoms with E-state index in [-0.39, 0.29) is 0 Å². The van der Waals surface area contributed by atoms with Gasteiger partial charge in [0.1, 0.15) is 0 Å². The molecule has 6 aromatic carbocycles. The summed E-state index contributed by atoms with van der Waals surface area (Å²) in [5.74, 6) is 0. The van der Waals surface area contributed by atoms with E-state index < -0.39 is 0 Å². The van der Waals surface area contributed by atoms with Crippen LogP contribution in [0.1, 0.15) is 0 Å². The lowest BCUT2D eigenvalue weighted by atomic mass is 10.1. The summed E-state index contributed by atoms with van der Waals surface area (Å²) in [6, 6.07) is 56.5. The molecular formula is C41H26N4. The molecule has 0 aliphatic carbocycles. The molecule has 0 aliphatic heterocycles. The highest BCUT2D eigenvalue weighted by molar-refractivity contribution is 6.23. The fourth-order valence-electron chi connectivity index (χ4n) is 7.26. The van der Waals surface area contributed by atoms with Gasteiger partial charge in [0.25, 0.3) is 0 Å². The minimum atomic E-state index is 0.956. The predicted octanol–water partition coefficient (Wildman–Crippen LogP) is 10.3. The average Bonchev–Trinajstić information content (AvgIpc) is 3.79. The Morgan fingerprint density at radius 1 is 0.400 bits per heavy atom. The van der Waals surface area contributed by atoms with Crippen LogP contribution >= 0.6 is 0 Å². The van der Waals surface area contributed by atoms with Crippen LogP contribution in [-0.4, -0.2) is 18.7 Å². The number of hydrogen-bond donors (Lipinski definition) is 0. The molecule has 0 N–H and O–H groups in total. The van der Waals surface area contributed by atoms with Crippen molar-refractivity contribution in [3.8, 4) is 22.6 Å². The summed E-state index contributed by atoms with van der Waals surface area (Å²) >= 11 is 0. The molecule has 4 aromatic heterocycles. The Balaban J connectivity index is 1.30. The van der Waals surface area contributed by atoms with Crippen LogP contribution in [0.3, 0.4) is 0 Å². The third kappa shape index (κ3) is 3.45. The summed E-state index contributed by atoms with van der Waals surface area (Å²) in [6.45, 7) is 0. The van der Waals surface area contributed by atoms with Crippen molar-refractivity contribution in [2.24, 2.45) is 0 Å². The smallest absolute Gasteiger partial charge is 0.0934 e. The zero-order valence-corrected chi connectivity index (χ0v) is 24.3. The van der Waals surface area contributed by atoms with E-state index in [0.29, 0.717) is 0 Å². The van der Waals surface area contributed by atoms with Gasteiger partial charge < -0.3 is 9.13 Å². The Kier molecular flexibility index (Phi) is 4.96. The topological polar surface area (TPSA) is 27.2 Å². The normalized spacial score (nSPS) is 12.0. The Morgan fingerprint density at radius 2 is 1.00 bits per heavy atom. The first-order valence-electron chi connectivity index (χ1n) is 15.3. The van der Waals surface area contributed by atoms with E-state index in [0.717, 1.165) is 33.7 Å². The molecule has 4 heteroatoms. The van der Waals surface area contributed by atoms with Crippen LogP contribution < -0.4 is 0 Å². The van der Waals surface area contributed by atoms with Crippen LogP contribution in [0.2, 0.25) is 0 Å². The molecule has 10 aromatic rings. The van der Waals surface area contributed by atoms with Gasteiger partial charge in [-0.05, 0) is 54.6 Å². The van der Waals surface area contributed by atoms with E-state index >= 15 is 0 Å². The van der Waals surface area contributed by atoms with Gasteiger partial charge >= 0.3 is 0 Å². The summed E-state index contributed by atoms with van der Waals surface area (Å²) in [7, 11) is 0. The quantitative estimate of drug-likeness (QED) is 0.206. The van der Waals surface area contributed by atoms with Gasteiger partial charge in [0.05, 0.1) is 38.8 Å². The molecule has 0 atom stereocenters. The molecule has 0 radical (unpaired) electrons. The van der Waals surface area contributed by atoms with E-state index in [2.05, 4.69) is 171 Å². The second-order valence-corrected chi connectivity index (χ2v) is 11.7. The van der Waals surface area contributed by atoms with E-state index in [9.17, 15) is 0 Å². The highest BCUT2D eigenvalue weighted by Crippen LogP contribution is 2.42. The largest absolute Gasteiger partial charge is 0.307 e. The lowest BCUT2D eigenvalue weighted by Gasteiger charge is -2.13. The van der Waals surface area contributed by atoms with E-state index in [4.69, 9.17) is 5.10 Å². The molecule has 0 saturated heterocycles. The molecule has 0 unspecified atom stereocenters. The second kappa shape index (κ2) is 9.18. The molecule has 4 nitrogen and oxygen atoms in total. The second-order valence-electron chi connectivity index (χ2n) is 11.7. The Morgan fingerprint density at radius 3 is 1.73 bits per heavy atom. The third-order valence-corrected chi connectivity index (χ3v) is 9.22. The van der Waals surface area contributed by atoms with Crippen molar-refractivity contribution in [1.29, 1.82) is 0 Å². The van der Waals surface area contributed by atoms with E-state index in [1.807, 2.05) is 0 Å². The van der Waals surface area contributed by atoms with Gasteiger partial charge in [-0.3, -0.25) is 0 Å². The number of pyridine rings is 1. The number of hydrogen-bond acceptors (Lipinski definition) is 1. The maximum atomic E-state index is 5.09. The summed E-state index contributed by atoms with van der Waals surface area (Å²) in [5, 5.41) is 11.2. The highest BCUT2D eigenvalue weighted by atomic mass is 15.2. The van der Waals surface area contributed by atoms with Gasteiger partial charge in [0.2, 0.25) is 0 Å². The summed E-state index contributed by atoms with van der Waals surface area (Å²) in [4.78, 5) is 0. The lowest BCUT2D eigenvalue weighted by Crippen LogP contribution is -1.99.